The predicted molar refractivity (Wildman–Crippen MR) is 81.7 cm³/mol. The van der Waals surface area contributed by atoms with Crippen molar-refractivity contribution in [2.24, 2.45) is 5.92 Å². The highest BCUT2D eigenvalue weighted by Crippen LogP contribution is 2.26. The van der Waals surface area contributed by atoms with Crippen LogP contribution in [0.5, 0.6) is 0 Å². The van der Waals surface area contributed by atoms with Crippen LogP contribution in [-0.4, -0.2) is 37.0 Å². The van der Waals surface area contributed by atoms with E-state index in [4.69, 9.17) is 0 Å². The highest BCUT2D eigenvalue weighted by Gasteiger charge is 2.24. The van der Waals surface area contributed by atoms with Gasteiger partial charge in [0.2, 0.25) is 5.91 Å². The minimum Gasteiger partial charge on any atom is -0.344 e. The molecule has 0 aromatic heterocycles. The molecule has 1 saturated carbocycles. The highest BCUT2D eigenvalue weighted by molar-refractivity contribution is 5.85. The van der Waals surface area contributed by atoms with Gasteiger partial charge in [0, 0.05) is 13.6 Å². The molecule has 1 amide bonds. The third-order valence-electron chi connectivity index (χ3n) is 4.58. The van der Waals surface area contributed by atoms with E-state index < -0.39 is 0 Å². The molecule has 0 spiro atoms. The lowest BCUT2D eigenvalue weighted by Crippen LogP contribution is -2.47. The standard InChI is InChI=1S/C15H28N2O.ClH/c1-17(12-10-13-7-3-2-4-8-13)15(18)14-9-5-6-11-16-14;/h13-14,16H,2-12H2,1H3;1H. The summed E-state index contributed by atoms with van der Waals surface area (Å²) in [5.41, 5.74) is 0. The molecule has 0 aromatic rings. The van der Waals surface area contributed by atoms with Gasteiger partial charge in [-0.2, -0.15) is 0 Å². The van der Waals surface area contributed by atoms with E-state index in [1.165, 1.54) is 51.4 Å². The molecule has 1 aliphatic carbocycles. The Balaban J connectivity index is 0.00000180. The van der Waals surface area contributed by atoms with Crippen LogP contribution in [0, 0.1) is 5.92 Å². The molecule has 3 nitrogen and oxygen atoms in total. The van der Waals surface area contributed by atoms with Gasteiger partial charge in [-0.15, -0.1) is 12.4 Å². The summed E-state index contributed by atoms with van der Waals surface area (Å²) in [5.74, 6) is 1.18. The minimum atomic E-state index is 0. The van der Waals surface area contributed by atoms with E-state index in [0.29, 0.717) is 5.91 Å². The average Bonchev–Trinajstić information content (AvgIpc) is 2.46. The van der Waals surface area contributed by atoms with E-state index in [-0.39, 0.29) is 18.4 Å². The third kappa shape index (κ3) is 5.31. The van der Waals surface area contributed by atoms with Gasteiger partial charge in [0.15, 0.2) is 0 Å². The Kier molecular flexibility index (Phi) is 7.77. The quantitative estimate of drug-likeness (QED) is 0.862. The fourth-order valence-electron chi connectivity index (χ4n) is 3.29. The zero-order valence-electron chi connectivity index (χ0n) is 12.2. The Bertz CT molecular complexity index is 261. The first-order chi connectivity index (χ1) is 8.77. The maximum Gasteiger partial charge on any atom is 0.239 e. The average molecular weight is 289 g/mol. The number of rotatable bonds is 4. The summed E-state index contributed by atoms with van der Waals surface area (Å²) in [4.78, 5) is 14.2. The number of nitrogens with zero attached hydrogens (tertiary/aromatic N) is 1. The zero-order valence-corrected chi connectivity index (χ0v) is 13.0. The van der Waals surface area contributed by atoms with Crippen LogP contribution in [0.3, 0.4) is 0 Å². The van der Waals surface area contributed by atoms with Gasteiger partial charge < -0.3 is 10.2 Å². The van der Waals surface area contributed by atoms with Crippen LogP contribution < -0.4 is 5.32 Å². The van der Waals surface area contributed by atoms with Gasteiger partial charge in [-0.25, -0.2) is 0 Å². The van der Waals surface area contributed by atoms with Crippen molar-refractivity contribution < 1.29 is 4.79 Å². The van der Waals surface area contributed by atoms with Crippen molar-refractivity contribution in [1.29, 1.82) is 0 Å². The summed E-state index contributed by atoms with van der Waals surface area (Å²) in [6.07, 6.45) is 11.6. The Morgan fingerprint density at radius 2 is 1.79 bits per heavy atom. The molecular weight excluding hydrogens is 260 g/mol. The Morgan fingerprint density at radius 1 is 1.11 bits per heavy atom. The molecule has 19 heavy (non-hydrogen) atoms. The van der Waals surface area contributed by atoms with Crippen LogP contribution in [0.1, 0.15) is 57.8 Å². The van der Waals surface area contributed by atoms with Gasteiger partial charge in [0.1, 0.15) is 0 Å². The second-order valence-electron chi connectivity index (χ2n) is 6.05. The Morgan fingerprint density at radius 3 is 2.42 bits per heavy atom. The van der Waals surface area contributed by atoms with E-state index in [2.05, 4.69) is 5.32 Å². The molecule has 1 heterocycles. The molecule has 0 radical (unpaired) electrons. The summed E-state index contributed by atoms with van der Waals surface area (Å²) in [5, 5.41) is 3.35. The van der Waals surface area contributed by atoms with Gasteiger partial charge in [-0.05, 0) is 31.7 Å². The van der Waals surface area contributed by atoms with Gasteiger partial charge in [-0.3, -0.25) is 4.79 Å². The largest absolute Gasteiger partial charge is 0.344 e. The molecule has 2 rings (SSSR count). The number of hydrogen-bond acceptors (Lipinski definition) is 2. The van der Waals surface area contributed by atoms with E-state index in [1.54, 1.807) is 0 Å². The molecule has 1 aliphatic heterocycles. The van der Waals surface area contributed by atoms with Crippen molar-refractivity contribution in [1.82, 2.24) is 10.2 Å². The van der Waals surface area contributed by atoms with Crippen molar-refractivity contribution in [3.8, 4) is 0 Å². The maximum atomic E-state index is 12.2. The van der Waals surface area contributed by atoms with Gasteiger partial charge in [0.05, 0.1) is 6.04 Å². The Hall–Kier alpha value is -0.280. The number of amides is 1. The van der Waals surface area contributed by atoms with E-state index >= 15 is 0 Å². The fraction of sp³-hybridized carbons (Fsp3) is 0.933. The van der Waals surface area contributed by atoms with Gasteiger partial charge >= 0.3 is 0 Å². The molecule has 1 N–H and O–H groups in total. The molecule has 1 saturated heterocycles. The molecule has 2 aliphatic rings. The van der Waals surface area contributed by atoms with E-state index in [9.17, 15) is 4.79 Å². The van der Waals surface area contributed by atoms with Gasteiger partial charge in [0.25, 0.3) is 0 Å². The summed E-state index contributed by atoms with van der Waals surface area (Å²) < 4.78 is 0. The van der Waals surface area contributed by atoms with Crippen LogP contribution in [0.25, 0.3) is 0 Å². The summed E-state index contributed by atoms with van der Waals surface area (Å²) in [6.45, 7) is 1.95. The smallest absolute Gasteiger partial charge is 0.239 e. The second kappa shape index (κ2) is 8.80. The third-order valence-corrected chi connectivity index (χ3v) is 4.58. The van der Waals surface area contributed by atoms with Crippen LogP contribution in [-0.2, 0) is 4.79 Å². The lowest BCUT2D eigenvalue weighted by atomic mass is 9.87. The number of nitrogens with one attached hydrogen (secondary N) is 1. The van der Waals surface area contributed by atoms with Crippen molar-refractivity contribution in [2.45, 2.75) is 63.8 Å². The SMILES string of the molecule is CN(CCC1CCCCC1)C(=O)C1CCCCN1.Cl. The number of likely N-dealkylation sites (N-methyl/N-ethyl adjacent to an activating group) is 1. The number of hydrogen-bond donors (Lipinski definition) is 1. The number of piperidine rings is 1. The summed E-state index contributed by atoms with van der Waals surface area (Å²) >= 11 is 0. The van der Waals surface area contributed by atoms with Crippen LogP contribution in [0.15, 0.2) is 0 Å². The van der Waals surface area contributed by atoms with E-state index in [0.717, 1.165) is 25.4 Å². The van der Waals surface area contributed by atoms with Gasteiger partial charge in [-0.1, -0.05) is 38.5 Å². The van der Waals surface area contributed by atoms with Crippen LogP contribution >= 0.6 is 12.4 Å². The molecule has 4 heteroatoms. The highest BCUT2D eigenvalue weighted by atomic mass is 35.5. The maximum absolute atomic E-state index is 12.2. The molecule has 2 fully saturated rings. The normalized spacial score (nSPS) is 24.6. The second-order valence-corrected chi connectivity index (χ2v) is 6.05. The number of halogens is 1. The van der Waals surface area contributed by atoms with Crippen molar-refractivity contribution in [3.63, 3.8) is 0 Å². The molecular formula is C15H29ClN2O. The first kappa shape index (κ1) is 16.8. The van der Waals surface area contributed by atoms with Crippen molar-refractivity contribution in [2.75, 3.05) is 20.1 Å². The minimum absolute atomic E-state index is 0. The number of carbonyl (C=O) groups excluding carboxylic acids is 1. The molecule has 1 atom stereocenters. The molecule has 0 bridgehead atoms. The molecule has 0 aromatic carbocycles. The van der Waals surface area contributed by atoms with Crippen molar-refractivity contribution in [3.05, 3.63) is 0 Å². The lowest BCUT2D eigenvalue weighted by molar-refractivity contribution is -0.132. The zero-order chi connectivity index (χ0) is 12.8. The number of carbonyl (C=O) groups is 1. The summed E-state index contributed by atoms with van der Waals surface area (Å²) in [7, 11) is 1.97. The fourth-order valence-corrected chi connectivity index (χ4v) is 3.29. The topological polar surface area (TPSA) is 32.3 Å². The Labute approximate surface area is 123 Å². The van der Waals surface area contributed by atoms with Crippen molar-refractivity contribution >= 4 is 18.3 Å². The predicted octanol–water partition coefficient (Wildman–Crippen LogP) is 2.98. The monoisotopic (exact) mass is 288 g/mol. The molecule has 1 unspecified atom stereocenters. The lowest BCUT2D eigenvalue weighted by Gasteiger charge is -2.29. The first-order valence-corrected chi connectivity index (χ1v) is 7.76. The summed E-state index contributed by atoms with van der Waals surface area (Å²) in [6, 6.07) is 0.0927. The van der Waals surface area contributed by atoms with E-state index in [1.807, 2.05) is 11.9 Å². The molecule has 112 valence electrons. The van der Waals surface area contributed by atoms with Crippen LogP contribution in [0.4, 0.5) is 0 Å². The first-order valence-electron chi connectivity index (χ1n) is 7.76. The van der Waals surface area contributed by atoms with Crippen LogP contribution in [0.2, 0.25) is 0 Å².